The van der Waals surface area contributed by atoms with Crippen LogP contribution in [0.4, 0.5) is 0 Å². The molecule has 0 radical (unpaired) electrons. The maximum Gasteiger partial charge on any atom is 0.350 e. The van der Waals surface area contributed by atoms with Gasteiger partial charge in [-0.1, -0.05) is 60.7 Å². The van der Waals surface area contributed by atoms with Crippen LogP contribution in [0.3, 0.4) is 0 Å². The Morgan fingerprint density at radius 3 is 2.11 bits per heavy atom. The van der Waals surface area contributed by atoms with Crippen LogP contribution in [0.15, 0.2) is 66.2 Å². The molecule has 2 aromatic rings. The highest BCUT2D eigenvalue weighted by atomic mass is 16.6. The van der Waals surface area contributed by atoms with E-state index in [1.807, 2.05) is 66.7 Å². The van der Waals surface area contributed by atoms with Crippen molar-refractivity contribution in [1.82, 2.24) is 0 Å². The first kappa shape index (κ1) is 18.4. The third-order valence-corrected chi connectivity index (χ3v) is 4.93. The van der Waals surface area contributed by atoms with Crippen molar-refractivity contribution in [3.8, 4) is 6.07 Å². The Balaban J connectivity index is 1.68. The molecule has 0 aliphatic carbocycles. The van der Waals surface area contributed by atoms with Crippen molar-refractivity contribution in [3.63, 3.8) is 0 Å². The number of aliphatic hydroxyl groups is 1. The zero-order valence-corrected chi connectivity index (χ0v) is 15.0. The second kappa shape index (κ2) is 7.95. The monoisotopic (exact) mass is 377 g/mol. The van der Waals surface area contributed by atoms with Crippen LogP contribution in [0.5, 0.6) is 0 Å². The second-order valence-corrected chi connectivity index (χ2v) is 6.70. The average Bonchev–Trinajstić information content (AvgIpc) is 3.30. The number of carbonyl (C=O) groups excluding carboxylic acids is 1. The predicted octanol–water partition coefficient (Wildman–Crippen LogP) is 2.08. The zero-order valence-electron chi connectivity index (χ0n) is 15.0. The highest BCUT2D eigenvalue weighted by molar-refractivity contribution is 6.05. The number of benzene rings is 2. The van der Waals surface area contributed by atoms with Gasteiger partial charge in [-0.05, 0) is 11.1 Å². The number of esters is 1. The molecule has 142 valence electrons. The number of ether oxygens (including phenoxy) is 3. The van der Waals surface area contributed by atoms with Gasteiger partial charge in [0.1, 0.15) is 30.0 Å². The first-order chi connectivity index (χ1) is 13.7. The largest absolute Gasteiger partial charge is 0.453 e. The molecule has 0 bridgehead atoms. The topological polar surface area (TPSA) is 88.8 Å². The number of aliphatic hydroxyl groups excluding tert-OH is 1. The SMILES string of the molecule is N#CC(C(=O)OC1COC2C(O)COC12)=C(c1ccccc1)c1ccccc1. The fourth-order valence-corrected chi connectivity index (χ4v) is 3.61. The van der Waals surface area contributed by atoms with Crippen molar-refractivity contribution >= 4 is 11.5 Å². The molecule has 2 heterocycles. The van der Waals surface area contributed by atoms with Crippen molar-refractivity contribution in [1.29, 1.82) is 5.26 Å². The zero-order chi connectivity index (χ0) is 19.5. The molecule has 2 fully saturated rings. The Bertz CT molecular complexity index is 877. The fourth-order valence-electron chi connectivity index (χ4n) is 3.61. The minimum absolute atomic E-state index is 0.0839. The molecule has 28 heavy (non-hydrogen) atoms. The molecule has 2 saturated heterocycles. The first-order valence-electron chi connectivity index (χ1n) is 9.06. The third-order valence-electron chi connectivity index (χ3n) is 4.93. The molecule has 0 saturated carbocycles. The Hall–Kier alpha value is -2.98. The molecule has 0 amide bonds. The van der Waals surface area contributed by atoms with E-state index >= 15 is 0 Å². The van der Waals surface area contributed by atoms with Gasteiger partial charge in [0.2, 0.25) is 0 Å². The number of hydrogen-bond acceptors (Lipinski definition) is 6. The summed E-state index contributed by atoms with van der Waals surface area (Å²) in [5.41, 5.74) is 1.92. The van der Waals surface area contributed by atoms with Crippen molar-refractivity contribution in [2.75, 3.05) is 13.2 Å². The number of nitrogens with zero attached hydrogens (tertiary/aromatic N) is 1. The third kappa shape index (κ3) is 3.43. The lowest BCUT2D eigenvalue weighted by Gasteiger charge is -2.17. The van der Waals surface area contributed by atoms with Gasteiger partial charge < -0.3 is 19.3 Å². The Morgan fingerprint density at radius 2 is 1.54 bits per heavy atom. The smallest absolute Gasteiger partial charge is 0.350 e. The quantitative estimate of drug-likeness (QED) is 0.499. The molecule has 2 aliphatic heterocycles. The van der Waals surface area contributed by atoms with E-state index in [1.165, 1.54) is 0 Å². The van der Waals surface area contributed by atoms with E-state index in [0.29, 0.717) is 5.57 Å². The van der Waals surface area contributed by atoms with Gasteiger partial charge in [-0.25, -0.2) is 4.79 Å². The van der Waals surface area contributed by atoms with Crippen molar-refractivity contribution in [3.05, 3.63) is 77.4 Å². The van der Waals surface area contributed by atoms with E-state index in [2.05, 4.69) is 0 Å². The van der Waals surface area contributed by atoms with Gasteiger partial charge >= 0.3 is 5.97 Å². The van der Waals surface area contributed by atoms with E-state index in [-0.39, 0.29) is 18.8 Å². The number of hydrogen-bond donors (Lipinski definition) is 1. The van der Waals surface area contributed by atoms with E-state index in [1.54, 1.807) is 0 Å². The summed E-state index contributed by atoms with van der Waals surface area (Å²) in [6, 6.07) is 20.5. The minimum Gasteiger partial charge on any atom is -0.453 e. The van der Waals surface area contributed by atoms with Crippen molar-refractivity contribution in [2.45, 2.75) is 24.4 Å². The van der Waals surface area contributed by atoms with E-state index < -0.39 is 30.4 Å². The number of fused-ring (bicyclic) bond motifs is 1. The molecule has 1 N–H and O–H groups in total. The standard InChI is InChI=1S/C22H19NO5/c23-11-16(22(25)28-18-13-27-20-17(24)12-26-21(18)20)19(14-7-3-1-4-8-14)15-9-5-2-6-10-15/h1-10,17-18,20-21,24H,12-13H2. The molecule has 4 unspecified atom stereocenters. The molecule has 4 atom stereocenters. The minimum atomic E-state index is -0.733. The molecule has 0 aromatic heterocycles. The number of carbonyl (C=O) groups is 1. The highest BCUT2D eigenvalue weighted by Gasteiger charge is 2.49. The number of nitriles is 1. The predicted molar refractivity (Wildman–Crippen MR) is 99.9 cm³/mol. The van der Waals surface area contributed by atoms with E-state index in [9.17, 15) is 15.2 Å². The summed E-state index contributed by atoms with van der Waals surface area (Å²) in [6.45, 7) is 0.270. The summed E-state index contributed by atoms with van der Waals surface area (Å²) in [5, 5.41) is 19.6. The van der Waals surface area contributed by atoms with Crippen molar-refractivity contribution < 1.29 is 24.1 Å². The fraction of sp³-hybridized carbons (Fsp3) is 0.273. The van der Waals surface area contributed by atoms with Crippen LogP contribution < -0.4 is 0 Å². The van der Waals surface area contributed by atoms with Crippen LogP contribution in [-0.2, 0) is 19.0 Å². The highest BCUT2D eigenvalue weighted by Crippen LogP contribution is 2.31. The van der Waals surface area contributed by atoms with Crippen molar-refractivity contribution in [2.24, 2.45) is 0 Å². The van der Waals surface area contributed by atoms with Gasteiger partial charge in [0, 0.05) is 5.57 Å². The Kier molecular flexibility index (Phi) is 5.22. The van der Waals surface area contributed by atoms with Gasteiger partial charge in [-0.2, -0.15) is 5.26 Å². The summed E-state index contributed by atoms with van der Waals surface area (Å²) in [7, 11) is 0. The van der Waals surface area contributed by atoms with Gasteiger partial charge in [0.25, 0.3) is 0 Å². The maximum atomic E-state index is 12.9. The van der Waals surface area contributed by atoms with Gasteiger partial charge in [-0.3, -0.25) is 0 Å². The summed E-state index contributed by atoms with van der Waals surface area (Å²) < 4.78 is 16.6. The molecule has 6 heteroatoms. The molecule has 6 nitrogen and oxygen atoms in total. The lowest BCUT2D eigenvalue weighted by Crippen LogP contribution is -2.34. The van der Waals surface area contributed by atoms with E-state index in [0.717, 1.165) is 11.1 Å². The summed E-state index contributed by atoms with van der Waals surface area (Å²) in [5.74, 6) is -0.732. The van der Waals surface area contributed by atoms with Crippen LogP contribution in [0.25, 0.3) is 5.57 Å². The summed E-state index contributed by atoms with van der Waals surface area (Å²) >= 11 is 0. The second-order valence-electron chi connectivity index (χ2n) is 6.70. The maximum absolute atomic E-state index is 12.9. The number of rotatable bonds is 4. The average molecular weight is 377 g/mol. The van der Waals surface area contributed by atoms with Gasteiger partial charge in [0.05, 0.1) is 13.2 Å². The van der Waals surface area contributed by atoms with E-state index in [4.69, 9.17) is 14.2 Å². The van der Waals surface area contributed by atoms with Crippen LogP contribution in [0, 0.1) is 11.3 Å². The first-order valence-corrected chi connectivity index (χ1v) is 9.06. The summed E-state index contributed by atoms with van der Waals surface area (Å²) in [4.78, 5) is 12.9. The van der Waals surface area contributed by atoms with Crippen LogP contribution in [0.2, 0.25) is 0 Å². The van der Waals surface area contributed by atoms with Gasteiger partial charge in [-0.15, -0.1) is 0 Å². The van der Waals surface area contributed by atoms with Crippen LogP contribution in [-0.4, -0.2) is 48.7 Å². The molecular weight excluding hydrogens is 358 g/mol. The van der Waals surface area contributed by atoms with Crippen LogP contribution >= 0.6 is 0 Å². The van der Waals surface area contributed by atoms with Gasteiger partial charge in [0.15, 0.2) is 6.10 Å². The molecule has 2 aliphatic rings. The molecular formula is C22H19NO5. The van der Waals surface area contributed by atoms with Crippen LogP contribution in [0.1, 0.15) is 11.1 Å². The molecule has 4 rings (SSSR count). The lowest BCUT2D eigenvalue weighted by atomic mass is 9.93. The molecule has 0 spiro atoms. The molecule has 2 aromatic carbocycles. The Morgan fingerprint density at radius 1 is 0.964 bits per heavy atom. The Labute approximate surface area is 162 Å². The summed E-state index contributed by atoms with van der Waals surface area (Å²) in [6.07, 6.45) is -2.42. The lowest BCUT2D eigenvalue weighted by molar-refractivity contribution is -0.148. The normalized spacial score (nSPS) is 25.6.